The van der Waals surface area contributed by atoms with Gasteiger partial charge in [-0.3, -0.25) is 0 Å². The van der Waals surface area contributed by atoms with Crippen molar-refractivity contribution in [1.29, 1.82) is 0 Å². The van der Waals surface area contributed by atoms with E-state index < -0.39 is 0 Å². The van der Waals surface area contributed by atoms with Crippen LogP contribution >= 0.6 is 0 Å². The van der Waals surface area contributed by atoms with Gasteiger partial charge < -0.3 is 20.4 Å². The van der Waals surface area contributed by atoms with Gasteiger partial charge in [0.1, 0.15) is 13.1 Å². The van der Waals surface area contributed by atoms with Crippen molar-refractivity contribution in [2.75, 3.05) is 52.4 Å². The Bertz CT molecular complexity index is 825. The Morgan fingerprint density at radius 3 is 0.833 bits per heavy atom. The number of quaternary nitrogens is 2. The Kier molecular flexibility index (Phi) is 27.4. The Hall–Kier alpha value is -1.98. The highest BCUT2D eigenvalue weighted by molar-refractivity contribution is 5.21. The maximum absolute atomic E-state index is 5.61. The van der Waals surface area contributed by atoms with Crippen molar-refractivity contribution in [3.05, 3.63) is 86.0 Å². The number of rotatable bonds is 36. The molecule has 0 amide bonds. The van der Waals surface area contributed by atoms with Gasteiger partial charge in [0.2, 0.25) is 0 Å². The summed E-state index contributed by atoms with van der Waals surface area (Å²) in [6.45, 7) is 26.7. The Morgan fingerprint density at radius 1 is 0.375 bits per heavy atom. The van der Waals surface area contributed by atoms with E-state index in [1.807, 2.05) is 0 Å². The molecule has 0 radical (unpaired) electrons. The topological polar surface area (TPSA) is 52.0 Å². The molecule has 0 aliphatic heterocycles. The van der Waals surface area contributed by atoms with Crippen LogP contribution in [0.5, 0.6) is 0 Å². The molecule has 0 aliphatic rings. The molecule has 0 unspecified atom stereocenters. The van der Waals surface area contributed by atoms with Gasteiger partial charge >= 0.3 is 0 Å². The molecule has 0 fully saturated rings. The van der Waals surface area contributed by atoms with Crippen molar-refractivity contribution < 1.29 is 8.97 Å². The number of nitrogens with two attached hydrogens (primary N) is 2. The fraction of sp³-hybridized carbons (Fsp3) is 0.682. The van der Waals surface area contributed by atoms with Gasteiger partial charge in [-0.25, -0.2) is 0 Å². The average molecular weight is 665 g/mol. The van der Waals surface area contributed by atoms with Gasteiger partial charge in [0.15, 0.2) is 0 Å². The van der Waals surface area contributed by atoms with Crippen LogP contribution < -0.4 is 11.5 Å². The lowest BCUT2D eigenvalue weighted by atomic mass is 10.0. The van der Waals surface area contributed by atoms with Crippen LogP contribution in [0.1, 0.15) is 140 Å². The van der Waals surface area contributed by atoms with E-state index in [1.54, 1.807) is 0 Å². The van der Waals surface area contributed by atoms with Gasteiger partial charge in [-0.1, -0.05) is 140 Å². The molecular formula is C44H80N4+2. The minimum absolute atomic E-state index is 0.840. The zero-order valence-corrected chi connectivity index (χ0v) is 31.7. The van der Waals surface area contributed by atoms with Gasteiger partial charge in [-0.2, -0.15) is 0 Å². The SMILES string of the molecule is C=CC[N+](CC=C)(CCCCCCCCCCCCN)Cc1ccc(C[N+](CC=C)(CC=C)CCCCCCCCCCCCN)cc1. The van der Waals surface area contributed by atoms with E-state index >= 15 is 0 Å². The maximum atomic E-state index is 5.61. The summed E-state index contributed by atoms with van der Waals surface area (Å²) in [5.41, 5.74) is 14.1. The predicted molar refractivity (Wildman–Crippen MR) is 215 cm³/mol. The molecule has 0 heterocycles. The number of hydrogen-bond acceptors (Lipinski definition) is 2. The van der Waals surface area contributed by atoms with Crippen molar-refractivity contribution in [3.63, 3.8) is 0 Å². The normalized spacial score (nSPS) is 11.9. The van der Waals surface area contributed by atoms with E-state index in [4.69, 9.17) is 11.5 Å². The molecule has 0 spiro atoms. The highest BCUT2D eigenvalue weighted by atomic mass is 15.3. The molecule has 4 N–H and O–H groups in total. The molecule has 48 heavy (non-hydrogen) atoms. The highest BCUT2D eigenvalue weighted by Crippen LogP contribution is 2.22. The van der Waals surface area contributed by atoms with Gasteiger partial charge in [0.05, 0.1) is 39.3 Å². The van der Waals surface area contributed by atoms with Crippen LogP contribution in [0.4, 0.5) is 0 Å². The zero-order valence-electron chi connectivity index (χ0n) is 31.7. The molecule has 1 aromatic carbocycles. The minimum Gasteiger partial charge on any atom is -0.330 e. The summed E-state index contributed by atoms with van der Waals surface area (Å²) in [5, 5.41) is 0. The molecular weight excluding hydrogens is 585 g/mol. The first-order valence-corrected chi connectivity index (χ1v) is 20.1. The van der Waals surface area contributed by atoms with Crippen molar-refractivity contribution in [2.24, 2.45) is 11.5 Å². The summed E-state index contributed by atoms with van der Waals surface area (Å²) in [5.74, 6) is 0. The molecule has 0 saturated heterocycles. The molecule has 0 atom stereocenters. The molecule has 274 valence electrons. The van der Waals surface area contributed by atoms with Crippen LogP contribution in [-0.4, -0.2) is 61.3 Å². The van der Waals surface area contributed by atoms with E-state index in [-0.39, 0.29) is 0 Å². The molecule has 4 nitrogen and oxygen atoms in total. The Balaban J connectivity index is 2.64. The summed E-state index contributed by atoms with van der Waals surface area (Å²) in [4.78, 5) is 0. The van der Waals surface area contributed by atoms with E-state index in [2.05, 4.69) is 74.9 Å². The number of unbranched alkanes of at least 4 members (excludes halogenated alkanes) is 18. The number of nitrogens with zero attached hydrogens (tertiary/aromatic N) is 2. The third-order valence-electron chi connectivity index (χ3n) is 10.3. The predicted octanol–water partition coefficient (Wildman–Crippen LogP) is 10.8. The quantitative estimate of drug-likeness (QED) is 0.0426. The van der Waals surface area contributed by atoms with E-state index in [0.717, 1.165) is 61.3 Å². The maximum Gasteiger partial charge on any atom is 0.105 e. The van der Waals surface area contributed by atoms with Crippen molar-refractivity contribution in [1.82, 2.24) is 0 Å². The van der Waals surface area contributed by atoms with Gasteiger partial charge in [0.25, 0.3) is 0 Å². The van der Waals surface area contributed by atoms with E-state index in [0.29, 0.717) is 0 Å². The lowest BCUT2D eigenvalue weighted by Crippen LogP contribution is -2.48. The van der Waals surface area contributed by atoms with Gasteiger partial charge in [-0.15, -0.1) is 0 Å². The third kappa shape index (κ3) is 21.2. The van der Waals surface area contributed by atoms with Crippen molar-refractivity contribution in [2.45, 2.75) is 142 Å². The second-order valence-corrected chi connectivity index (χ2v) is 14.8. The van der Waals surface area contributed by atoms with Gasteiger partial charge in [0, 0.05) is 11.1 Å². The second kappa shape index (κ2) is 29.9. The van der Waals surface area contributed by atoms with Crippen LogP contribution in [0.2, 0.25) is 0 Å². The van der Waals surface area contributed by atoms with Crippen LogP contribution in [0, 0.1) is 0 Å². The smallest absolute Gasteiger partial charge is 0.105 e. The fourth-order valence-corrected chi connectivity index (χ4v) is 7.56. The second-order valence-electron chi connectivity index (χ2n) is 14.8. The van der Waals surface area contributed by atoms with E-state index in [9.17, 15) is 0 Å². The molecule has 0 bridgehead atoms. The summed E-state index contributed by atoms with van der Waals surface area (Å²) in [6, 6.07) is 9.53. The number of hydrogen-bond donors (Lipinski definition) is 2. The summed E-state index contributed by atoms with van der Waals surface area (Å²) < 4.78 is 2.05. The summed E-state index contributed by atoms with van der Waals surface area (Å²) >= 11 is 0. The third-order valence-corrected chi connectivity index (χ3v) is 10.3. The molecule has 1 rings (SSSR count). The Labute approximate surface area is 299 Å². The van der Waals surface area contributed by atoms with Crippen molar-refractivity contribution in [3.8, 4) is 0 Å². The van der Waals surface area contributed by atoms with E-state index in [1.165, 1.54) is 153 Å². The van der Waals surface area contributed by atoms with Crippen LogP contribution in [0.15, 0.2) is 74.9 Å². The standard InChI is InChI=1S/C44H80N4/c1-5-35-47(36-6-2,39-27-23-19-15-11-9-13-17-21-25-33-45)41-43-29-31-44(32-30-43)42-48(37-7-3,38-8-4)40-28-24-20-16-12-10-14-18-22-26-34-46/h5-8,29-32H,1-4,9-28,33-42,45-46H2/q+2. The monoisotopic (exact) mass is 665 g/mol. The molecule has 4 heteroatoms. The molecule has 1 aromatic rings. The molecule has 0 aromatic heterocycles. The summed E-state index contributed by atoms with van der Waals surface area (Å²) in [7, 11) is 0. The van der Waals surface area contributed by atoms with Crippen LogP contribution in [-0.2, 0) is 13.1 Å². The largest absolute Gasteiger partial charge is 0.330 e. The number of benzene rings is 1. The van der Waals surface area contributed by atoms with Crippen LogP contribution in [0.3, 0.4) is 0 Å². The molecule has 0 saturated carbocycles. The van der Waals surface area contributed by atoms with Gasteiger partial charge in [-0.05, 0) is 75.9 Å². The fourth-order valence-electron chi connectivity index (χ4n) is 7.56. The van der Waals surface area contributed by atoms with Crippen LogP contribution in [0.25, 0.3) is 0 Å². The first-order valence-electron chi connectivity index (χ1n) is 20.1. The lowest BCUT2D eigenvalue weighted by molar-refractivity contribution is -0.930. The van der Waals surface area contributed by atoms with Crippen molar-refractivity contribution >= 4 is 0 Å². The lowest BCUT2D eigenvalue weighted by Gasteiger charge is -2.38. The minimum atomic E-state index is 0.840. The zero-order chi connectivity index (χ0) is 35.0. The first kappa shape index (κ1) is 44.0. The average Bonchev–Trinajstić information content (AvgIpc) is 3.07. The first-order chi connectivity index (χ1) is 23.5. The molecule has 0 aliphatic carbocycles. The Morgan fingerprint density at radius 2 is 0.604 bits per heavy atom. The highest BCUT2D eigenvalue weighted by Gasteiger charge is 2.27. The summed E-state index contributed by atoms with van der Waals surface area (Å²) in [6.07, 6.45) is 35.0.